The zero-order valence-electron chi connectivity index (χ0n) is 9.97. The Morgan fingerprint density at radius 2 is 2.06 bits per heavy atom. The van der Waals surface area contributed by atoms with Crippen LogP contribution >= 0.6 is 0 Å². The number of nitrogens with two attached hydrogens (primary N) is 1. The number of methoxy groups -OCH3 is 1. The second kappa shape index (κ2) is 4.34. The van der Waals surface area contributed by atoms with Crippen LogP contribution in [0, 0.1) is 0 Å². The number of nitrogens with zero attached hydrogens (tertiary/aromatic N) is 1. The van der Waals surface area contributed by atoms with Gasteiger partial charge in [-0.05, 0) is 18.2 Å². The Balaban J connectivity index is 2.60. The lowest BCUT2D eigenvalue weighted by Crippen LogP contribution is -2.01. The summed E-state index contributed by atoms with van der Waals surface area (Å²) in [6.07, 6.45) is 1.13. The highest BCUT2D eigenvalue weighted by Gasteiger charge is 2.16. The van der Waals surface area contributed by atoms with E-state index < -0.39 is 9.84 Å². The number of ether oxygens (including phenoxy) is 1. The molecular weight excluding hydrogens is 254 g/mol. The number of anilines is 1. The predicted molar refractivity (Wildman–Crippen MR) is 68.1 cm³/mol. The van der Waals surface area contributed by atoms with E-state index in [4.69, 9.17) is 10.5 Å². The molecule has 0 atom stereocenters. The number of sulfone groups is 1. The average Bonchev–Trinajstić information content (AvgIpc) is 2.74. The van der Waals surface area contributed by atoms with Crippen molar-refractivity contribution in [3.05, 3.63) is 24.3 Å². The highest BCUT2D eigenvalue weighted by atomic mass is 32.2. The van der Waals surface area contributed by atoms with Crippen molar-refractivity contribution >= 4 is 15.7 Å². The molecule has 0 radical (unpaired) electrons. The van der Waals surface area contributed by atoms with Crippen LogP contribution in [-0.2, 0) is 9.84 Å². The van der Waals surface area contributed by atoms with Crippen molar-refractivity contribution in [2.75, 3.05) is 19.1 Å². The van der Waals surface area contributed by atoms with Gasteiger partial charge in [0.1, 0.15) is 16.5 Å². The number of hydrogen-bond donors (Lipinski definition) is 2. The predicted octanol–water partition coefficient (Wildman–Crippen LogP) is 1.07. The van der Waals surface area contributed by atoms with E-state index in [1.807, 2.05) is 0 Å². The van der Waals surface area contributed by atoms with Crippen LogP contribution in [0.2, 0.25) is 0 Å². The molecule has 1 aromatic carbocycles. The maximum absolute atomic E-state index is 11.7. The second-order valence-corrected chi connectivity index (χ2v) is 5.83. The van der Waals surface area contributed by atoms with Crippen LogP contribution < -0.4 is 10.5 Å². The van der Waals surface area contributed by atoms with Crippen LogP contribution in [0.25, 0.3) is 11.3 Å². The molecule has 0 aliphatic heterocycles. The van der Waals surface area contributed by atoms with Crippen LogP contribution in [0.4, 0.5) is 5.82 Å². The normalized spacial score (nSPS) is 11.4. The maximum Gasteiger partial charge on any atom is 0.179 e. The highest BCUT2D eigenvalue weighted by Crippen LogP contribution is 2.29. The molecule has 7 heteroatoms. The fourth-order valence-corrected chi connectivity index (χ4v) is 2.48. The van der Waals surface area contributed by atoms with Gasteiger partial charge in [-0.3, -0.25) is 5.10 Å². The molecule has 1 aromatic heterocycles. The van der Waals surface area contributed by atoms with E-state index in [0.29, 0.717) is 22.8 Å². The summed E-state index contributed by atoms with van der Waals surface area (Å²) < 4.78 is 28.4. The van der Waals surface area contributed by atoms with E-state index in [9.17, 15) is 8.42 Å². The summed E-state index contributed by atoms with van der Waals surface area (Å²) in [5.74, 6) is 0.662. The van der Waals surface area contributed by atoms with Gasteiger partial charge in [-0.1, -0.05) is 0 Å². The quantitative estimate of drug-likeness (QED) is 0.866. The third-order valence-corrected chi connectivity index (χ3v) is 3.59. The van der Waals surface area contributed by atoms with Crippen molar-refractivity contribution in [1.29, 1.82) is 0 Å². The molecule has 0 amide bonds. The summed E-state index contributed by atoms with van der Waals surface area (Å²) in [5.41, 5.74) is 6.84. The Morgan fingerprint density at radius 3 is 2.56 bits per heavy atom. The minimum absolute atomic E-state index is 0.135. The summed E-state index contributed by atoms with van der Waals surface area (Å²) in [7, 11) is -1.93. The lowest BCUT2D eigenvalue weighted by Gasteiger charge is -2.08. The van der Waals surface area contributed by atoms with Crippen LogP contribution in [0.3, 0.4) is 0 Å². The van der Waals surface area contributed by atoms with Crippen LogP contribution in [-0.4, -0.2) is 32.0 Å². The molecule has 0 spiro atoms. The third-order valence-electron chi connectivity index (χ3n) is 2.47. The van der Waals surface area contributed by atoms with Crippen LogP contribution in [0.1, 0.15) is 0 Å². The fourth-order valence-electron chi connectivity index (χ4n) is 1.62. The van der Waals surface area contributed by atoms with Crippen LogP contribution in [0.5, 0.6) is 5.75 Å². The van der Waals surface area contributed by atoms with Crippen molar-refractivity contribution < 1.29 is 13.2 Å². The minimum atomic E-state index is -3.36. The molecule has 0 saturated heterocycles. The van der Waals surface area contributed by atoms with E-state index >= 15 is 0 Å². The first-order chi connectivity index (χ1) is 8.41. The standard InChI is InChI=1S/C11H13N3O3S/c1-17-9-4-3-7(5-10(9)18(2,15)16)8-6-11(12)14-13-8/h3-6H,1-2H3,(H3,12,13,14). The number of aromatic amines is 1. The topological polar surface area (TPSA) is 98.1 Å². The molecule has 6 nitrogen and oxygen atoms in total. The number of aromatic nitrogens is 2. The molecular formula is C11H13N3O3S. The summed E-state index contributed by atoms with van der Waals surface area (Å²) >= 11 is 0. The molecule has 0 bridgehead atoms. The average molecular weight is 267 g/mol. The highest BCUT2D eigenvalue weighted by molar-refractivity contribution is 7.90. The second-order valence-electron chi connectivity index (χ2n) is 3.84. The van der Waals surface area contributed by atoms with Gasteiger partial charge >= 0.3 is 0 Å². The molecule has 18 heavy (non-hydrogen) atoms. The third kappa shape index (κ3) is 2.30. The van der Waals surface area contributed by atoms with Gasteiger partial charge in [-0.2, -0.15) is 5.10 Å². The van der Waals surface area contributed by atoms with Gasteiger partial charge in [0, 0.05) is 17.9 Å². The number of nitrogens with one attached hydrogen (secondary N) is 1. The summed E-state index contributed by atoms with van der Waals surface area (Å²) in [5, 5.41) is 6.53. The lowest BCUT2D eigenvalue weighted by atomic mass is 10.1. The van der Waals surface area contributed by atoms with E-state index in [2.05, 4.69) is 10.2 Å². The zero-order valence-corrected chi connectivity index (χ0v) is 10.8. The molecule has 96 valence electrons. The summed E-state index contributed by atoms with van der Waals surface area (Å²) in [6.45, 7) is 0. The van der Waals surface area contributed by atoms with E-state index in [1.54, 1.807) is 18.2 Å². The molecule has 0 aliphatic carbocycles. The Labute approximate surface area is 105 Å². The van der Waals surface area contributed by atoms with Gasteiger partial charge in [0.05, 0.1) is 12.8 Å². The van der Waals surface area contributed by atoms with Gasteiger partial charge < -0.3 is 10.5 Å². The van der Waals surface area contributed by atoms with Crippen molar-refractivity contribution in [3.8, 4) is 17.0 Å². The Bertz CT molecular complexity index is 677. The minimum Gasteiger partial charge on any atom is -0.495 e. The van der Waals surface area contributed by atoms with E-state index in [-0.39, 0.29) is 4.90 Å². The van der Waals surface area contributed by atoms with Crippen molar-refractivity contribution in [2.45, 2.75) is 4.90 Å². The van der Waals surface area contributed by atoms with Gasteiger partial charge in [0.15, 0.2) is 9.84 Å². The van der Waals surface area contributed by atoms with Gasteiger partial charge in [-0.15, -0.1) is 0 Å². The SMILES string of the molecule is COc1ccc(-c2cc(N)n[nH]2)cc1S(C)(=O)=O. The monoisotopic (exact) mass is 267 g/mol. The molecule has 0 saturated carbocycles. The number of benzene rings is 1. The number of nitrogen functional groups attached to an aromatic ring is 1. The molecule has 2 rings (SSSR count). The molecule has 1 heterocycles. The smallest absolute Gasteiger partial charge is 0.179 e. The van der Waals surface area contributed by atoms with E-state index in [0.717, 1.165) is 6.26 Å². The number of rotatable bonds is 3. The fraction of sp³-hybridized carbons (Fsp3) is 0.182. The summed E-state index contributed by atoms with van der Waals surface area (Å²) in [6, 6.07) is 6.50. The molecule has 3 N–H and O–H groups in total. The Hall–Kier alpha value is -2.02. The van der Waals surface area contributed by atoms with Crippen molar-refractivity contribution in [1.82, 2.24) is 10.2 Å². The molecule has 0 fully saturated rings. The first-order valence-electron chi connectivity index (χ1n) is 5.11. The van der Waals surface area contributed by atoms with E-state index in [1.165, 1.54) is 13.2 Å². The largest absolute Gasteiger partial charge is 0.495 e. The lowest BCUT2D eigenvalue weighted by molar-refractivity contribution is 0.403. The van der Waals surface area contributed by atoms with Gasteiger partial charge in [-0.25, -0.2) is 8.42 Å². The van der Waals surface area contributed by atoms with Crippen molar-refractivity contribution in [3.63, 3.8) is 0 Å². The number of hydrogen-bond acceptors (Lipinski definition) is 5. The van der Waals surface area contributed by atoms with Gasteiger partial charge in [0.2, 0.25) is 0 Å². The zero-order chi connectivity index (χ0) is 13.3. The summed E-state index contributed by atoms with van der Waals surface area (Å²) in [4.78, 5) is 0.135. The maximum atomic E-state index is 11.7. The number of H-pyrrole nitrogens is 1. The molecule has 0 aliphatic rings. The van der Waals surface area contributed by atoms with Crippen LogP contribution in [0.15, 0.2) is 29.2 Å². The Morgan fingerprint density at radius 1 is 1.33 bits per heavy atom. The van der Waals surface area contributed by atoms with Gasteiger partial charge in [0.25, 0.3) is 0 Å². The first kappa shape index (κ1) is 12.4. The first-order valence-corrected chi connectivity index (χ1v) is 7.00. The van der Waals surface area contributed by atoms with Crippen molar-refractivity contribution in [2.24, 2.45) is 0 Å². The molecule has 0 unspecified atom stereocenters. The molecule has 2 aromatic rings. The Kier molecular flexibility index (Phi) is 3.00.